The van der Waals surface area contributed by atoms with Crippen LogP contribution in [0.4, 0.5) is 0 Å². The van der Waals surface area contributed by atoms with Crippen molar-refractivity contribution in [3.05, 3.63) is 60.0 Å². The molecule has 0 bridgehead atoms. The lowest BCUT2D eigenvalue weighted by atomic mass is 10.1. The Morgan fingerprint density at radius 3 is 2.85 bits per heavy atom. The van der Waals surface area contributed by atoms with E-state index in [0.29, 0.717) is 29.7 Å². The molecule has 3 aromatic rings. The van der Waals surface area contributed by atoms with E-state index in [0.717, 1.165) is 11.3 Å². The molecular formula is C19H19N5O2. The van der Waals surface area contributed by atoms with Gasteiger partial charge in [0.2, 0.25) is 11.7 Å². The van der Waals surface area contributed by atoms with E-state index in [1.54, 1.807) is 30.7 Å². The minimum Gasteiger partial charge on any atom is -0.351 e. The molecule has 7 nitrogen and oxygen atoms in total. The molecule has 1 N–H and O–H groups in total. The van der Waals surface area contributed by atoms with E-state index in [-0.39, 0.29) is 11.8 Å². The molecule has 1 aliphatic carbocycles. The van der Waals surface area contributed by atoms with E-state index < -0.39 is 0 Å². The Balaban J connectivity index is 1.41. The van der Waals surface area contributed by atoms with Gasteiger partial charge in [-0.3, -0.25) is 14.8 Å². The van der Waals surface area contributed by atoms with Crippen molar-refractivity contribution in [2.75, 3.05) is 6.54 Å². The molecule has 1 fully saturated rings. The molecule has 7 heteroatoms. The normalized spacial score (nSPS) is 14.8. The second kappa shape index (κ2) is 7.03. The minimum absolute atomic E-state index is 0.0909. The van der Waals surface area contributed by atoms with Gasteiger partial charge in [-0.1, -0.05) is 12.1 Å². The van der Waals surface area contributed by atoms with Crippen LogP contribution >= 0.6 is 0 Å². The minimum atomic E-state index is -0.151. The molecule has 26 heavy (non-hydrogen) atoms. The SMILES string of the molecule is C[C@@H](CNC(=O)c1ccncc1)c1nc(-c2ccnc(C3CC3)c2)no1. The van der Waals surface area contributed by atoms with Crippen LogP contribution < -0.4 is 5.32 Å². The number of nitrogens with zero attached hydrogens (tertiary/aromatic N) is 4. The highest BCUT2D eigenvalue weighted by atomic mass is 16.5. The molecule has 3 heterocycles. The van der Waals surface area contributed by atoms with Crippen molar-refractivity contribution in [2.45, 2.75) is 31.6 Å². The van der Waals surface area contributed by atoms with Crippen LogP contribution in [-0.4, -0.2) is 32.6 Å². The Morgan fingerprint density at radius 2 is 2.08 bits per heavy atom. The van der Waals surface area contributed by atoms with Crippen LogP contribution in [0, 0.1) is 0 Å². The highest BCUT2D eigenvalue weighted by molar-refractivity contribution is 5.93. The first-order valence-corrected chi connectivity index (χ1v) is 8.69. The van der Waals surface area contributed by atoms with E-state index in [1.165, 1.54) is 12.8 Å². The van der Waals surface area contributed by atoms with Crippen LogP contribution in [0.5, 0.6) is 0 Å². The van der Waals surface area contributed by atoms with Gasteiger partial charge in [0.05, 0.1) is 5.92 Å². The quantitative estimate of drug-likeness (QED) is 0.735. The highest BCUT2D eigenvalue weighted by Gasteiger charge is 2.25. The fourth-order valence-electron chi connectivity index (χ4n) is 2.68. The summed E-state index contributed by atoms with van der Waals surface area (Å²) in [6.07, 6.45) is 7.36. The summed E-state index contributed by atoms with van der Waals surface area (Å²) in [5, 5.41) is 6.95. The molecule has 1 aliphatic rings. The number of carbonyl (C=O) groups excluding carboxylic acids is 1. The van der Waals surface area contributed by atoms with Crippen molar-refractivity contribution in [3.8, 4) is 11.4 Å². The van der Waals surface area contributed by atoms with Gasteiger partial charge < -0.3 is 9.84 Å². The van der Waals surface area contributed by atoms with Gasteiger partial charge in [-0.05, 0) is 37.1 Å². The fourth-order valence-corrected chi connectivity index (χ4v) is 2.68. The molecule has 0 unspecified atom stereocenters. The summed E-state index contributed by atoms with van der Waals surface area (Å²) >= 11 is 0. The lowest BCUT2D eigenvalue weighted by Gasteiger charge is -2.08. The number of rotatable bonds is 6. The van der Waals surface area contributed by atoms with Crippen LogP contribution in [-0.2, 0) is 0 Å². The van der Waals surface area contributed by atoms with Gasteiger partial charge in [0, 0.05) is 47.9 Å². The Hall–Kier alpha value is -3.09. The summed E-state index contributed by atoms with van der Waals surface area (Å²) in [5.74, 6) is 1.38. The Bertz CT molecular complexity index is 905. The van der Waals surface area contributed by atoms with Gasteiger partial charge in [0.25, 0.3) is 5.91 Å². The standard InChI is InChI=1S/C19H19N5O2/c1-12(11-22-18(25)14-4-7-20-8-5-14)19-23-17(24-26-19)15-6-9-21-16(10-15)13-2-3-13/h4-10,12-13H,2-3,11H2,1H3,(H,22,25)/t12-/m0/s1. The van der Waals surface area contributed by atoms with Crippen molar-refractivity contribution in [1.82, 2.24) is 25.4 Å². The van der Waals surface area contributed by atoms with Gasteiger partial charge in [-0.2, -0.15) is 4.98 Å². The maximum atomic E-state index is 12.1. The average Bonchev–Trinajstić information content (AvgIpc) is 3.43. The second-order valence-corrected chi connectivity index (χ2v) is 6.55. The van der Waals surface area contributed by atoms with E-state index >= 15 is 0 Å². The first-order chi connectivity index (χ1) is 12.7. The summed E-state index contributed by atoms with van der Waals surface area (Å²) in [6.45, 7) is 2.35. The fraction of sp³-hybridized carbons (Fsp3) is 0.316. The second-order valence-electron chi connectivity index (χ2n) is 6.55. The average molecular weight is 349 g/mol. The molecule has 1 saturated carbocycles. The van der Waals surface area contributed by atoms with Gasteiger partial charge >= 0.3 is 0 Å². The number of pyridine rings is 2. The van der Waals surface area contributed by atoms with Crippen molar-refractivity contribution in [3.63, 3.8) is 0 Å². The van der Waals surface area contributed by atoms with Crippen molar-refractivity contribution < 1.29 is 9.32 Å². The van der Waals surface area contributed by atoms with E-state index in [9.17, 15) is 4.79 Å². The van der Waals surface area contributed by atoms with E-state index in [4.69, 9.17) is 4.52 Å². The van der Waals surface area contributed by atoms with Crippen LogP contribution in [0.25, 0.3) is 11.4 Å². The van der Waals surface area contributed by atoms with Gasteiger partial charge in [-0.25, -0.2) is 0 Å². The van der Waals surface area contributed by atoms with Gasteiger partial charge in [0.1, 0.15) is 0 Å². The predicted molar refractivity (Wildman–Crippen MR) is 94.5 cm³/mol. The third-order valence-electron chi connectivity index (χ3n) is 4.41. The summed E-state index contributed by atoms with van der Waals surface area (Å²) in [7, 11) is 0. The largest absolute Gasteiger partial charge is 0.351 e. The van der Waals surface area contributed by atoms with Gasteiger partial charge in [-0.15, -0.1) is 0 Å². The van der Waals surface area contributed by atoms with E-state index in [2.05, 4.69) is 25.4 Å². The molecule has 1 amide bonds. The zero-order chi connectivity index (χ0) is 17.9. The summed E-state index contributed by atoms with van der Waals surface area (Å²) in [5.41, 5.74) is 2.57. The number of amides is 1. The molecule has 0 saturated heterocycles. The number of hydrogen-bond donors (Lipinski definition) is 1. The molecular weight excluding hydrogens is 330 g/mol. The summed E-state index contributed by atoms with van der Waals surface area (Å²) in [6, 6.07) is 7.26. The molecule has 0 aromatic carbocycles. The Labute approximate surface area is 150 Å². The van der Waals surface area contributed by atoms with Crippen LogP contribution in [0.3, 0.4) is 0 Å². The first kappa shape index (κ1) is 16.4. The van der Waals surface area contributed by atoms with Gasteiger partial charge in [0.15, 0.2) is 0 Å². The monoisotopic (exact) mass is 349 g/mol. The molecule has 3 aromatic heterocycles. The molecule has 0 spiro atoms. The molecule has 0 aliphatic heterocycles. The molecule has 0 radical (unpaired) electrons. The maximum Gasteiger partial charge on any atom is 0.251 e. The number of hydrogen-bond acceptors (Lipinski definition) is 6. The van der Waals surface area contributed by atoms with Crippen LogP contribution in [0.2, 0.25) is 0 Å². The van der Waals surface area contributed by atoms with Crippen molar-refractivity contribution in [2.24, 2.45) is 0 Å². The Morgan fingerprint density at radius 1 is 1.27 bits per heavy atom. The van der Waals surface area contributed by atoms with E-state index in [1.807, 2.05) is 19.1 Å². The van der Waals surface area contributed by atoms with Crippen molar-refractivity contribution >= 4 is 5.91 Å². The lowest BCUT2D eigenvalue weighted by molar-refractivity contribution is 0.0950. The smallest absolute Gasteiger partial charge is 0.251 e. The topological polar surface area (TPSA) is 93.8 Å². The number of carbonyl (C=O) groups is 1. The highest BCUT2D eigenvalue weighted by Crippen LogP contribution is 2.39. The molecule has 1 atom stereocenters. The first-order valence-electron chi connectivity index (χ1n) is 8.69. The molecule has 132 valence electrons. The van der Waals surface area contributed by atoms with Crippen LogP contribution in [0.1, 0.15) is 53.5 Å². The zero-order valence-electron chi connectivity index (χ0n) is 14.4. The zero-order valence-corrected chi connectivity index (χ0v) is 14.4. The molecule has 4 rings (SSSR count). The summed E-state index contributed by atoms with van der Waals surface area (Å²) in [4.78, 5) is 24.9. The summed E-state index contributed by atoms with van der Waals surface area (Å²) < 4.78 is 5.39. The number of nitrogens with one attached hydrogen (secondary N) is 1. The third kappa shape index (κ3) is 3.61. The third-order valence-corrected chi connectivity index (χ3v) is 4.41. The Kier molecular flexibility index (Phi) is 4.43. The lowest BCUT2D eigenvalue weighted by Crippen LogP contribution is -2.27. The predicted octanol–water partition coefficient (Wildman–Crippen LogP) is 2.94. The van der Waals surface area contributed by atoms with Crippen LogP contribution in [0.15, 0.2) is 47.4 Å². The maximum absolute atomic E-state index is 12.1. The van der Waals surface area contributed by atoms with Crippen molar-refractivity contribution in [1.29, 1.82) is 0 Å². The number of aromatic nitrogens is 4.